The van der Waals surface area contributed by atoms with Gasteiger partial charge in [0, 0.05) is 0 Å². The minimum absolute atomic E-state index is 0.908. The highest BCUT2D eigenvalue weighted by Crippen LogP contribution is 2.51. The highest BCUT2D eigenvalue weighted by atomic mass is 79.9. The van der Waals surface area contributed by atoms with Gasteiger partial charge in [-0.05, 0) is 47.0 Å². The van der Waals surface area contributed by atoms with Crippen LogP contribution in [0.15, 0.2) is 0 Å². The van der Waals surface area contributed by atoms with Crippen LogP contribution < -0.4 is 0 Å². The Kier molecular flexibility index (Phi) is 3.27. The van der Waals surface area contributed by atoms with Crippen molar-refractivity contribution in [2.75, 3.05) is 12.5 Å². The van der Waals surface area contributed by atoms with Gasteiger partial charge in [-0.15, -0.1) is 0 Å². The topological polar surface area (TPSA) is 9.23 Å². The predicted molar refractivity (Wildman–Crippen MR) is 52.8 cm³/mol. The summed E-state index contributed by atoms with van der Waals surface area (Å²) in [6, 6.07) is 0. The lowest BCUT2D eigenvalue weighted by Crippen LogP contribution is -2.24. The maximum Gasteiger partial charge on any atom is 0.201 e. The fourth-order valence-corrected chi connectivity index (χ4v) is 8.92. The summed E-state index contributed by atoms with van der Waals surface area (Å²) in [5.74, 6) is 0. The zero-order valence-electron chi connectivity index (χ0n) is 6.69. The molecule has 0 aliphatic heterocycles. The van der Waals surface area contributed by atoms with E-state index in [-0.39, 0.29) is 0 Å². The van der Waals surface area contributed by atoms with Gasteiger partial charge in [0.25, 0.3) is 0 Å². The molecule has 0 spiro atoms. The van der Waals surface area contributed by atoms with E-state index in [1.807, 2.05) is 0 Å². The van der Waals surface area contributed by atoms with Gasteiger partial charge in [-0.3, -0.25) is 0 Å². The van der Waals surface area contributed by atoms with E-state index in [0.717, 1.165) is 0 Å². The van der Waals surface area contributed by atoms with Crippen LogP contribution in [0.1, 0.15) is 0 Å². The molecule has 0 aliphatic carbocycles. The molecular formula is C5H15BrOSSi. The third-order valence-electron chi connectivity index (χ3n) is 0.448. The van der Waals surface area contributed by atoms with Crippen molar-refractivity contribution in [2.45, 2.75) is 19.6 Å². The molecule has 1 nitrogen and oxygen atoms in total. The maximum atomic E-state index is 5.76. The van der Waals surface area contributed by atoms with Crippen molar-refractivity contribution >= 4 is 31.9 Å². The summed E-state index contributed by atoms with van der Waals surface area (Å²) in [6.45, 7) is 6.59. The fraction of sp³-hybridized carbons (Fsp3) is 1.00. The Morgan fingerprint density at radius 2 is 1.56 bits per heavy atom. The average molecular weight is 231 g/mol. The maximum absolute atomic E-state index is 5.76. The summed E-state index contributed by atoms with van der Waals surface area (Å²) >= 11 is 3.51. The van der Waals surface area contributed by atoms with Crippen LogP contribution in [-0.4, -0.2) is 20.8 Å². The minimum Gasteiger partial charge on any atom is -0.368 e. The van der Waals surface area contributed by atoms with Gasteiger partial charge in [0.1, 0.15) is 0 Å². The van der Waals surface area contributed by atoms with Crippen molar-refractivity contribution in [2.24, 2.45) is 0 Å². The summed E-state index contributed by atoms with van der Waals surface area (Å²) in [5.41, 5.74) is 0. The molecular weight excluding hydrogens is 216 g/mol. The molecule has 58 valence electrons. The second-order valence-electron chi connectivity index (χ2n) is 3.31. The van der Waals surface area contributed by atoms with Gasteiger partial charge in [0.15, 0.2) is 0 Å². The van der Waals surface area contributed by atoms with E-state index >= 15 is 0 Å². The van der Waals surface area contributed by atoms with Crippen molar-refractivity contribution in [3.8, 4) is 0 Å². The fourth-order valence-electron chi connectivity index (χ4n) is 0.594. The summed E-state index contributed by atoms with van der Waals surface area (Å²) in [6.07, 6.45) is 4.20. The van der Waals surface area contributed by atoms with E-state index in [2.05, 4.69) is 47.0 Å². The molecule has 0 atom stereocenters. The van der Waals surface area contributed by atoms with Crippen LogP contribution >= 0.6 is 23.6 Å². The van der Waals surface area contributed by atoms with Crippen molar-refractivity contribution in [3.05, 3.63) is 0 Å². The predicted octanol–water partition coefficient (Wildman–Crippen LogP) is 3.13. The van der Waals surface area contributed by atoms with E-state index in [9.17, 15) is 0 Å². The molecule has 0 fully saturated rings. The van der Waals surface area contributed by atoms with E-state index in [0.29, 0.717) is 0 Å². The van der Waals surface area contributed by atoms with Gasteiger partial charge in [-0.25, -0.2) is 0 Å². The van der Waals surface area contributed by atoms with Gasteiger partial charge >= 0.3 is 0 Å². The lowest BCUT2D eigenvalue weighted by molar-refractivity contribution is 0.642. The molecule has 0 unspecified atom stereocenters. The minimum atomic E-state index is -1.30. The third kappa shape index (κ3) is 9.01. The molecule has 0 saturated heterocycles. The van der Waals surface area contributed by atoms with Crippen molar-refractivity contribution in [1.82, 2.24) is 0 Å². The van der Waals surface area contributed by atoms with Crippen LogP contribution in [-0.2, 0) is 3.87 Å². The van der Waals surface area contributed by atoms with E-state index in [1.54, 1.807) is 0 Å². The number of rotatable bonds is 2. The Balaban J connectivity index is 3.75. The zero-order valence-corrected chi connectivity index (χ0v) is 10.1. The Morgan fingerprint density at radius 1 is 1.22 bits per heavy atom. The van der Waals surface area contributed by atoms with Crippen LogP contribution in [0.3, 0.4) is 0 Å². The summed E-state index contributed by atoms with van der Waals surface area (Å²) < 4.78 is 5.76. The van der Waals surface area contributed by atoms with E-state index in [1.165, 1.54) is 0 Å². The van der Waals surface area contributed by atoms with Crippen molar-refractivity contribution < 1.29 is 3.87 Å². The van der Waals surface area contributed by atoms with Gasteiger partial charge < -0.3 is 3.87 Å². The molecule has 0 saturated carbocycles. The first-order chi connectivity index (χ1) is 3.71. The first kappa shape index (κ1) is 10.0. The normalized spacial score (nSPS) is 15.8. The largest absolute Gasteiger partial charge is 0.368 e. The highest BCUT2D eigenvalue weighted by molar-refractivity contribution is 9.57. The van der Waals surface area contributed by atoms with Gasteiger partial charge in [0.2, 0.25) is 8.32 Å². The standard InChI is InChI=1S/C5H15BrOSSi/c1-8(2,6)7-9(3,4)5/h1-5H3. The van der Waals surface area contributed by atoms with Gasteiger partial charge in [-0.2, -0.15) is 0 Å². The van der Waals surface area contributed by atoms with Crippen molar-refractivity contribution in [1.29, 1.82) is 0 Å². The molecule has 0 heterocycles. The smallest absolute Gasteiger partial charge is 0.201 e. The molecule has 0 aromatic carbocycles. The Hall–Kier alpha value is 1.01. The molecule has 0 aromatic rings. The lowest BCUT2D eigenvalue weighted by Gasteiger charge is -2.31. The SMILES string of the molecule is C[Si](C)(C)OS(C)(C)Br. The molecule has 0 radical (unpaired) electrons. The monoisotopic (exact) mass is 230 g/mol. The van der Waals surface area contributed by atoms with Crippen LogP contribution in [0.25, 0.3) is 0 Å². The number of hydrogen-bond acceptors (Lipinski definition) is 1. The van der Waals surface area contributed by atoms with Crippen molar-refractivity contribution in [3.63, 3.8) is 0 Å². The Labute approximate surface area is 68.0 Å². The molecule has 0 bridgehead atoms. The molecule has 0 N–H and O–H groups in total. The van der Waals surface area contributed by atoms with Gasteiger partial charge in [-0.1, -0.05) is 8.74 Å². The first-order valence-corrected chi connectivity index (χ1v) is 10.5. The average Bonchev–Trinajstić information content (AvgIpc) is 1.14. The Bertz CT molecular complexity index is 82.1. The van der Waals surface area contributed by atoms with Crippen LogP contribution in [0.5, 0.6) is 0 Å². The molecule has 0 aromatic heterocycles. The van der Waals surface area contributed by atoms with Crippen LogP contribution in [0.2, 0.25) is 19.6 Å². The molecule has 9 heavy (non-hydrogen) atoms. The highest BCUT2D eigenvalue weighted by Gasteiger charge is 2.21. The summed E-state index contributed by atoms with van der Waals surface area (Å²) in [5, 5.41) is 0. The van der Waals surface area contributed by atoms with Crippen LogP contribution in [0, 0.1) is 0 Å². The second-order valence-corrected chi connectivity index (χ2v) is 15.1. The lowest BCUT2D eigenvalue weighted by atomic mass is 11.8. The summed E-state index contributed by atoms with van der Waals surface area (Å²) in [4.78, 5) is 0. The third-order valence-corrected chi connectivity index (χ3v) is 5.22. The van der Waals surface area contributed by atoms with Gasteiger partial charge in [0.05, 0.1) is 0 Å². The Morgan fingerprint density at radius 3 is 1.56 bits per heavy atom. The number of hydrogen-bond donors (Lipinski definition) is 0. The molecule has 0 aliphatic rings. The molecule has 0 amide bonds. The quantitative estimate of drug-likeness (QED) is 0.663. The second kappa shape index (κ2) is 2.94. The molecule has 0 rings (SSSR count). The summed E-state index contributed by atoms with van der Waals surface area (Å²) in [7, 11) is -2.21. The van der Waals surface area contributed by atoms with Crippen LogP contribution in [0.4, 0.5) is 0 Å². The zero-order chi connectivity index (χ0) is 7.71. The molecule has 4 heteroatoms. The van der Waals surface area contributed by atoms with E-state index in [4.69, 9.17) is 3.87 Å². The number of halogens is 1. The first-order valence-electron chi connectivity index (χ1n) is 2.84. The van der Waals surface area contributed by atoms with E-state index < -0.39 is 17.1 Å².